The van der Waals surface area contributed by atoms with Crippen molar-refractivity contribution in [2.45, 2.75) is 6.92 Å². The fraction of sp³-hybridized carbons (Fsp3) is 0.0476. The topological polar surface area (TPSA) is 39.2 Å². The number of aryl methyl sites for hydroxylation is 1. The monoisotopic (exact) mass is 313 g/mol. The zero-order chi connectivity index (χ0) is 16.5. The van der Waals surface area contributed by atoms with Gasteiger partial charge >= 0.3 is 5.97 Å². The lowest BCUT2D eigenvalue weighted by Crippen LogP contribution is -2.10. The number of hydrogen-bond acceptors (Lipinski definition) is 3. The first-order valence-corrected chi connectivity index (χ1v) is 7.79. The quantitative estimate of drug-likeness (QED) is 0.300. The molecule has 0 aliphatic heterocycles. The van der Waals surface area contributed by atoms with Gasteiger partial charge < -0.3 is 4.74 Å². The van der Waals surface area contributed by atoms with Crippen LogP contribution in [-0.2, 0) is 0 Å². The first-order chi connectivity index (χ1) is 11.7. The first kappa shape index (κ1) is 14.4. The molecule has 24 heavy (non-hydrogen) atoms. The minimum Gasteiger partial charge on any atom is -0.423 e. The number of rotatable bonds is 2. The van der Waals surface area contributed by atoms with Crippen LogP contribution in [0.2, 0.25) is 0 Å². The third kappa shape index (κ3) is 2.50. The molecule has 116 valence electrons. The van der Waals surface area contributed by atoms with Gasteiger partial charge in [-0.2, -0.15) is 0 Å². The molecule has 4 aromatic rings. The van der Waals surface area contributed by atoms with E-state index >= 15 is 0 Å². The summed E-state index contributed by atoms with van der Waals surface area (Å²) in [7, 11) is 0. The molecule has 1 heterocycles. The number of para-hydroxylation sites is 2. The molecule has 0 bridgehead atoms. The van der Waals surface area contributed by atoms with Gasteiger partial charge in [0, 0.05) is 10.8 Å². The number of pyridine rings is 1. The van der Waals surface area contributed by atoms with E-state index in [0.717, 1.165) is 27.4 Å². The van der Waals surface area contributed by atoms with Gasteiger partial charge in [-0.1, -0.05) is 48.5 Å². The number of hydrogen-bond donors (Lipinski definition) is 0. The molecule has 3 heteroatoms. The van der Waals surface area contributed by atoms with Crippen molar-refractivity contribution in [1.82, 2.24) is 4.98 Å². The molecule has 0 aliphatic carbocycles. The standard InChI is InChI=1S/C21H15NO2/c1-14-7-6-8-15(13-14)24-21(23)20-16-9-2-4-11-18(16)22-19-12-5-3-10-17(19)20/h2-13H,1H3. The van der Waals surface area contributed by atoms with Crippen molar-refractivity contribution in [1.29, 1.82) is 0 Å². The van der Waals surface area contributed by atoms with Crippen molar-refractivity contribution < 1.29 is 9.53 Å². The van der Waals surface area contributed by atoms with Gasteiger partial charge in [0.05, 0.1) is 16.6 Å². The lowest BCUT2D eigenvalue weighted by atomic mass is 10.0. The van der Waals surface area contributed by atoms with Crippen LogP contribution < -0.4 is 4.74 Å². The average molecular weight is 313 g/mol. The van der Waals surface area contributed by atoms with Crippen molar-refractivity contribution >= 4 is 27.8 Å². The number of fused-ring (bicyclic) bond motifs is 2. The van der Waals surface area contributed by atoms with Gasteiger partial charge in [-0.25, -0.2) is 9.78 Å². The van der Waals surface area contributed by atoms with Crippen LogP contribution in [0, 0.1) is 6.92 Å². The molecule has 0 radical (unpaired) electrons. The predicted octanol–water partition coefficient (Wildman–Crippen LogP) is 4.92. The zero-order valence-corrected chi connectivity index (χ0v) is 13.2. The fourth-order valence-electron chi connectivity index (χ4n) is 2.90. The van der Waals surface area contributed by atoms with Crippen LogP contribution >= 0.6 is 0 Å². The largest absolute Gasteiger partial charge is 0.423 e. The van der Waals surface area contributed by atoms with Crippen LogP contribution in [0.15, 0.2) is 72.8 Å². The molecule has 0 fully saturated rings. The summed E-state index contributed by atoms with van der Waals surface area (Å²) in [4.78, 5) is 17.5. The Morgan fingerprint density at radius 2 is 1.46 bits per heavy atom. The van der Waals surface area contributed by atoms with Crippen molar-refractivity contribution in [2.24, 2.45) is 0 Å². The van der Waals surface area contributed by atoms with Crippen LogP contribution in [0.4, 0.5) is 0 Å². The highest BCUT2D eigenvalue weighted by atomic mass is 16.5. The van der Waals surface area contributed by atoms with Crippen molar-refractivity contribution in [3.8, 4) is 5.75 Å². The Labute approximate surface area is 139 Å². The smallest absolute Gasteiger partial charge is 0.344 e. The number of nitrogens with zero attached hydrogens (tertiary/aromatic N) is 1. The number of aromatic nitrogens is 1. The number of carbonyl (C=O) groups is 1. The minimum absolute atomic E-state index is 0.365. The fourth-order valence-corrected chi connectivity index (χ4v) is 2.90. The van der Waals surface area contributed by atoms with Crippen LogP contribution in [-0.4, -0.2) is 11.0 Å². The molecular formula is C21H15NO2. The minimum atomic E-state index is -0.365. The van der Waals surface area contributed by atoms with Gasteiger partial charge in [0.1, 0.15) is 5.75 Å². The van der Waals surface area contributed by atoms with Crippen molar-refractivity contribution in [3.05, 3.63) is 83.9 Å². The third-order valence-corrected chi connectivity index (χ3v) is 3.99. The second kappa shape index (κ2) is 5.78. The van der Waals surface area contributed by atoms with Crippen LogP contribution in [0.25, 0.3) is 21.8 Å². The van der Waals surface area contributed by atoms with Crippen LogP contribution in [0.1, 0.15) is 15.9 Å². The van der Waals surface area contributed by atoms with Gasteiger partial charge in [0.25, 0.3) is 0 Å². The number of carbonyl (C=O) groups excluding carboxylic acids is 1. The SMILES string of the molecule is Cc1cccc(OC(=O)c2c3ccccc3nc3ccccc23)c1. The van der Waals surface area contributed by atoms with E-state index in [1.807, 2.05) is 73.7 Å². The van der Waals surface area contributed by atoms with Gasteiger partial charge in [0.15, 0.2) is 0 Å². The summed E-state index contributed by atoms with van der Waals surface area (Å²) >= 11 is 0. The number of ether oxygens (including phenoxy) is 1. The second-order valence-corrected chi connectivity index (χ2v) is 5.73. The van der Waals surface area contributed by atoms with Crippen molar-refractivity contribution in [3.63, 3.8) is 0 Å². The second-order valence-electron chi connectivity index (χ2n) is 5.73. The molecule has 0 aliphatic rings. The highest BCUT2D eigenvalue weighted by Crippen LogP contribution is 2.27. The predicted molar refractivity (Wildman–Crippen MR) is 95.4 cm³/mol. The van der Waals surface area contributed by atoms with Gasteiger partial charge in [-0.3, -0.25) is 0 Å². The van der Waals surface area contributed by atoms with Crippen LogP contribution in [0.3, 0.4) is 0 Å². The number of benzene rings is 3. The van der Waals surface area contributed by atoms with Gasteiger partial charge in [-0.05, 0) is 36.8 Å². The van der Waals surface area contributed by atoms with Crippen molar-refractivity contribution in [2.75, 3.05) is 0 Å². The Morgan fingerprint density at radius 3 is 2.08 bits per heavy atom. The Bertz CT molecular complexity index is 1020. The van der Waals surface area contributed by atoms with E-state index in [4.69, 9.17) is 4.74 Å². The molecule has 0 saturated heterocycles. The maximum Gasteiger partial charge on any atom is 0.344 e. The summed E-state index contributed by atoms with van der Waals surface area (Å²) in [6.07, 6.45) is 0. The first-order valence-electron chi connectivity index (χ1n) is 7.79. The Balaban J connectivity index is 1.91. The summed E-state index contributed by atoms with van der Waals surface area (Å²) in [6, 6.07) is 22.7. The van der Waals surface area contributed by atoms with Crippen LogP contribution in [0.5, 0.6) is 5.75 Å². The molecule has 4 rings (SSSR count). The Hall–Kier alpha value is -3.20. The average Bonchev–Trinajstić information content (AvgIpc) is 2.59. The molecular weight excluding hydrogens is 298 g/mol. The molecule has 0 N–H and O–H groups in total. The molecule has 3 nitrogen and oxygen atoms in total. The molecule has 0 saturated carbocycles. The van der Waals surface area contributed by atoms with E-state index in [1.54, 1.807) is 6.07 Å². The van der Waals surface area contributed by atoms with Gasteiger partial charge in [-0.15, -0.1) is 0 Å². The van der Waals surface area contributed by atoms with E-state index in [2.05, 4.69) is 4.98 Å². The maximum atomic E-state index is 12.9. The summed E-state index contributed by atoms with van der Waals surface area (Å²) in [5, 5.41) is 1.60. The van der Waals surface area contributed by atoms with Gasteiger partial charge in [0.2, 0.25) is 0 Å². The summed E-state index contributed by atoms with van der Waals surface area (Å²) in [6.45, 7) is 1.97. The van der Waals surface area contributed by atoms with E-state index in [1.165, 1.54) is 0 Å². The third-order valence-electron chi connectivity index (χ3n) is 3.99. The molecule has 0 unspecified atom stereocenters. The van der Waals surface area contributed by atoms with E-state index in [0.29, 0.717) is 11.3 Å². The summed E-state index contributed by atoms with van der Waals surface area (Å²) < 4.78 is 5.63. The molecule has 0 atom stereocenters. The maximum absolute atomic E-state index is 12.9. The zero-order valence-electron chi connectivity index (χ0n) is 13.2. The number of esters is 1. The highest BCUT2D eigenvalue weighted by molar-refractivity contribution is 6.14. The van der Waals surface area contributed by atoms with E-state index in [-0.39, 0.29) is 5.97 Å². The Morgan fingerprint density at radius 1 is 0.833 bits per heavy atom. The normalized spacial score (nSPS) is 10.9. The summed E-state index contributed by atoms with van der Waals surface area (Å²) in [5.41, 5.74) is 3.17. The molecule has 3 aromatic carbocycles. The molecule has 0 spiro atoms. The lowest BCUT2D eigenvalue weighted by molar-refractivity contribution is 0.0739. The highest BCUT2D eigenvalue weighted by Gasteiger charge is 2.17. The van der Waals surface area contributed by atoms with E-state index < -0.39 is 0 Å². The summed E-state index contributed by atoms with van der Waals surface area (Å²) in [5.74, 6) is 0.181. The van der Waals surface area contributed by atoms with E-state index in [9.17, 15) is 4.79 Å². The Kier molecular flexibility index (Phi) is 3.47. The molecule has 0 amide bonds. The molecule has 1 aromatic heterocycles. The lowest BCUT2D eigenvalue weighted by Gasteiger charge is -2.11.